The molecule has 0 aliphatic carbocycles. The molecule has 27 heavy (non-hydrogen) atoms. The van der Waals surface area contributed by atoms with Crippen molar-refractivity contribution in [3.05, 3.63) is 34.4 Å². The standard InChI is InChI=1S/C17H24N4O5S/c1-12-15(7-3-9-18-12)19-17(22)16-8-4-10-20(16)27(25,26)14-6-2-5-13(11-14)21(23)24/h2,5-6,11-12,15-16,18H,3-4,7-10H2,1H3,(H,19,22). The molecule has 10 heteroatoms. The maximum absolute atomic E-state index is 13.0. The molecule has 0 aromatic heterocycles. The first-order chi connectivity index (χ1) is 12.8. The summed E-state index contributed by atoms with van der Waals surface area (Å²) < 4.78 is 27.2. The van der Waals surface area contributed by atoms with Crippen molar-refractivity contribution >= 4 is 21.6 Å². The second kappa shape index (κ2) is 7.91. The van der Waals surface area contributed by atoms with Gasteiger partial charge in [0.15, 0.2) is 0 Å². The van der Waals surface area contributed by atoms with Gasteiger partial charge in [-0.15, -0.1) is 0 Å². The predicted octanol–water partition coefficient (Wildman–Crippen LogP) is 1.00. The number of nitrogens with one attached hydrogen (secondary N) is 2. The van der Waals surface area contributed by atoms with Crippen LogP contribution in [0.3, 0.4) is 0 Å². The van der Waals surface area contributed by atoms with E-state index in [0.717, 1.165) is 25.5 Å². The summed E-state index contributed by atoms with van der Waals surface area (Å²) in [5.74, 6) is -0.304. The highest BCUT2D eigenvalue weighted by atomic mass is 32.2. The number of benzene rings is 1. The Morgan fingerprint density at radius 1 is 1.33 bits per heavy atom. The Balaban J connectivity index is 1.79. The van der Waals surface area contributed by atoms with Gasteiger partial charge in [-0.25, -0.2) is 8.42 Å². The second-order valence-corrected chi connectivity index (χ2v) is 8.92. The highest BCUT2D eigenvalue weighted by Gasteiger charge is 2.40. The van der Waals surface area contributed by atoms with Crippen LogP contribution in [-0.4, -0.2) is 54.8 Å². The molecule has 2 aliphatic heterocycles. The van der Waals surface area contributed by atoms with Crippen molar-refractivity contribution in [3.8, 4) is 0 Å². The number of rotatable bonds is 5. The highest BCUT2D eigenvalue weighted by molar-refractivity contribution is 7.89. The summed E-state index contributed by atoms with van der Waals surface area (Å²) in [5.41, 5.74) is -0.293. The molecule has 0 saturated carbocycles. The van der Waals surface area contributed by atoms with Crippen LogP contribution >= 0.6 is 0 Å². The molecule has 2 fully saturated rings. The third-order valence-electron chi connectivity index (χ3n) is 5.23. The van der Waals surface area contributed by atoms with E-state index < -0.39 is 21.0 Å². The number of carbonyl (C=O) groups is 1. The van der Waals surface area contributed by atoms with Crippen LogP contribution in [0.1, 0.15) is 32.6 Å². The zero-order chi connectivity index (χ0) is 19.6. The fourth-order valence-corrected chi connectivity index (χ4v) is 5.40. The van der Waals surface area contributed by atoms with Crippen LogP contribution in [0.4, 0.5) is 5.69 Å². The summed E-state index contributed by atoms with van der Waals surface area (Å²) in [4.78, 5) is 22.9. The minimum absolute atomic E-state index is 0.0331. The average molecular weight is 396 g/mol. The molecule has 9 nitrogen and oxygen atoms in total. The van der Waals surface area contributed by atoms with Gasteiger partial charge >= 0.3 is 0 Å². The van der Waals surface area contributed by atoms with Crippen molar-refractivity contribution in [2.45, 2.75) is 55.6 Å². The summed E-state index contributed by atoms with van der Waals surface area (Å²) in [7, 11) is -3.99. The molecule has 2 N–H and O–H groups in total. The van der Waals surface area contributed by atoms with Gasteiger partial charge in [-0.05, 0) is 45.2 Å². The minimum Gasteiger partial charge on any atom is -0.350 e. The van der Waals surface area contributed by atoms with Gasteiger partial charge in [0.2, 0.25) is 15.9 Å². The third-order valence-corrected chi connectivity index (χ3v) is 7.13. The number of carbonyl (C=O) groups excluding carboxylic acids is 1. The number of sulfonamides is 1. The Morgan fingerprint density at radius 3 is 2.81 bits per heavy atom. The van der Waals surface area contributed by atoms with E-state index in [-0.39, 0.29) is 35.1 Å². The van der Waals surface area contributed by atoms with E-state index in [9.17, 15) is 23.3 Å². The van der Waals surface area contributed by atoms with Crippen LogP contribution in [0.5, 0.6) is 0 Å². The molecule has 0 radical (unpaired) electrons. The lowest BCUT2D eigenvalue weighted by Crippen LogP contribution is -2.56. The number of nitro groups is 1. The van der Waals surface area contributed by atoms with Gasteiger partial charge in [-0.2, -0.15) is 4.31 Å². The van der Waals surface area contributed by atoms with E-state index >= 15 is 0 Å². The number of amides is 1. The molecule has 2 aliphatic rings. The number of piperidine rings is 1. The van der Waals surface area contributed by atoms with Crippen molar-refractivity contribution < 1.29 is 18.1 Å². The number of hydrogen-bond donors (Lipinski definition) is 2. The Morgan fingerprint density at radius 2 is 2.11 bits per heavy atom. The molecule has 3 atom stereocenters. The molecular weight excluding hydrogens is 372 g/mol. The first-order valence-electron chi connectivity index (χ1n) is 9.11. The zero-order valence-corrected chi connectivity index (χ0v) is 15.9. The lowest BCUT2D eigenvalue weighted by Gasteiger charge is -2.32. The van der Waals surface area contributed by atoms with Gasteiger partial charge in [-0.1, -0.05) is 6.07 Å². The number of nitro benzene ring substituents is 1. The smallest absolute Gasteiger partial charge is 0.270 e. The SMILES string of the molecule is CC1NCCCC1NC(=O)C1CCCN1S(=O)(=O)c1cccc([N+](=O)[O-])c1. The van der Waals surface area contributed by atoms with Crippen LogP contribution in [0, 0.1) is 10.1 Å². The van der Waals surface area contributed by atoms with E-state index in [4.69, 9.17) is 0 Å². The quantitative estimate of drug-likeness (QED) is 0.566. The Hall–Kier alpha value is -2.04. The average Bonchev–Trinajstić information content (AvgIpc) is 3.14. The number of non-ortho nitro benzene ring substituents is 1. The van der Waals surface area contributed by atoms with E-state index in [1.807, 2.05) is 6.92 Å². The summed E-state index contributed by atoms with van der Waals surface area (Å²) in [6.45, 7) is 3.13. The van der Waals surface area contributed by atoms with E-state index in [1.54, 1.807) is 0 Å². The van der Waals surface area contributed by atoms with Gasteiger partial charge in [0.05, 0.1) is 9.82 Å². The van der Waals surface area contributed by atoms with Gasteiger partial charge in [0.25, 0.3) is 5.69 Å². The minimum atomic E-state index is -3.99. The molecule has 148 valence electrons. The Kier molecular flexibility index (Phi) is 5.78. The molecular formula is C17H24N4O5S. The Bertz CT molecular complexity index is 828. The fraction of sp³-hybridized carbons (Fsp3) is 0.588. The van der Waals surface area contributed by atoms with Crippen LogP contribution in [-0.2, 0) is 14.8 Å². The van der Waals surface area contributed by atoms with Crippen LogP contribution < -0.4 is 10.6 Å². The first-order valence-corrected chi connectivity index (χ1v) is 10.5. The van der Waals surface area contributed by atoms with E-state index in [1.165, 1.54) is 22.5 Å². The molecule has 3 unspecified atom stereocenters. The summed E-state index contributed by atoms with van der Waals surface area (Å²) in [5, 5.41) is 17.2. The van der Waals surface area contributed by atoms with Crippen LogP contribution in [0.25, 0.3) is 0 Å². The lowest BCUT2D eigenvalue weighted by atomic mass is 9.99. The maximum atomic E-state index is 13.0. The van der Waals surface area contributed by atoms with Crippen molar-refractivity contribution in [3.63, 3.8) is 0 Å². The highest BCUT2D eigenvalue weighted by Crippen LogP contribution is 2.28. The monoisotopic (exact) mass is 396 g/mol. The molecule has 1 aromatic rings. The van der Waals surface area contributed by atoms with Gasteiger partial charge in [-0.3, -0.25) is 14.9 Å². The van der Waals surface area contributed by atoms with Crippen molar-refractivity contribution in [2.24, 2.45) is 0 Å². The summed E-state index contributed by atoms with van der Waals surface area (Å²) in [6.07, 6.45) is 2.82. The van der Waals surface area contributed by atoms with Gasteiger partial charge in [0, 0.05) is 30.8 Å². The van der Waals surface area contributed by atoms with Gasteiger partial charge in [0.1, 0.15) is 6.04 Å². The number of hydrogen-bond acceptors (Lipinski definition) is 6. The normalized spacial score (nSPS) is 26.6. The molecule has 0 spiro atoms. The molecule has 2 saturated heterocycles. The van der Waals surface area contributed by atoms with E-state index in [2.05, 4.69) is 10.6 Å². The van der Waals surface area contributed by atoms with E-state index in [0.29, 0.717) is 12.8 Å². The fourth-order valence-electron chi connectivity index (χ4n) is 3.70. The predicted molar refractivity (Wildman–Crippen MR) is 98.6 cm³/mol. The topological polar surface area (TPSA) is 122 Å². The molecule has 3 rings (SSSR count). The first kappa shape index (κ1) is 19.7. The van der Waals surface area contributed by atoms with Crippen molar-refractivity contribution in [1.29, 1.82) is 0 Å². The largest absolute Gasteiger partial charge is 0.350 e. The Labute approximate surface area is 158 Å². The van der Waals surface area contributed by atoms with Gasteiger partial charge < -0.3 is 10.6 Å². The number of nitrogens with zero attached hydrogens (tertiary/aromatic N) is 2. The summed E-state index contributed by atoms with van der Waals surface area (Å²) in [6, 6.07) is 4.25. The second-order valence-electron chi connectivity index (χ2n) is 7.03. The molecule has 0 bridgehead atoms. The van der Waals surface area contributed by atoms with Crippen LogP contribution in [0.2, 0.25) is 0 Å². The van der Waals surface area contributed by atoms with Crippen molar-refractivity contribution in [2.75, 3.05) is 13.1 Å². The van der Waals surface area contributed by atoms with Crippen LogP contribution in [0.15, 0.2) is 29.2 Å². The lowest BCUT2D eigenvalue weighted by molar-refractivity contribution is -0.385. The molecule has 2 heterocycles. The molecule has 1 aromatic carbocycles. The summed E-state index contributed by atoms with van der Waals surface area (Å²) >= 11 is 0. The molecule has 1 amide bonds. The zero-order valence-electron chi connectivity index (χ0n) is 15.1. The maximum Gasteiger partial charge on any atom is 0.270 e. The third kappa shape index (κ3) is 4.12. The van der Waals surface area contributed by atoms with Crippen molar-refractivity contribution in [1.82, 2.24) is 14.9 Å².